The number of hydrogen-bond acceptors (Lipinski definition) is 6. The number of esters is 1. The lowest BCUT2D eigenvalue weighted by Crippen LogP contribution is -2.29. The van der Waals surface area contributed by atoms with Crippen LogP contribution in [-0.2, 0) is 19.1 Å². The molecule has 29 heavy (non-hydrogen) atoms. The van der Waals surface area contributed by atoms with Crippen LogP contribution in [0, 0.1) is 0 Å². The summed E-state index contributed by atoms with van der Waals surface area (Å²) in [4.78, 5) is 48.8. The molecule has 0 aliphatic carbocycles. The minimum Gasteiger partial charge on any atom is -0.495 e. The molecule has 3 rings (SSSR count). The van der Waals surface area contributed by atoms with Gasteiger partial charge in [-0.05, 0) is 36.4 Å². The zero-order valence-corrected chi connectivity index (χ0v) is 15.9. The average Bonchev–Trinajstić information content (AvgIpc) is 3.04. The first-order chi connectivity index (χ1) is 13.9. The molecule has 1 aliphatic rings. The van der Waals surface area contributed by atoms with Gasteiger partial charge in [0, 0.05) is 17.2 Å². The van der Waals surface area contributed by atoms with Crippen molar-refractivity contribution in [1.82, 2.24) is 0 Å². The highest BCUT2D eigenvalue weighted by Crippen LogP contribution is 2.27. The number of benzene rings is 2. The lowest BCUT2D eigenvalue weighted by Gasteiger charge is -2.14. The van der Waals surface area contributed by atoms with Gasteiger partial charge in [0.15, 0.2) is 6.61 Å². The van der Waals surface area contributed by atoms with Crippen molar-refractivity contribution in [3.05, 3.63) is 65.2 Å². The predicted molar refractivity (Wildman–Crippen MR) is 105 cm³/mol. The summed E-state index contributed by atoms with van der Waals surface area (Å²) in [5.41, 5.74) is 0.650. The SMILES string of the molecule is COc1ccc(Cl)cc1NC(=O)COC(=O)c1cccc(N2C(=O)C=CC2=O)c1. The fourth-order valence-corrected chi connectivity index (χ4v) is 2.78. The van der Waals surface area contributed by atoms with Crippen LogP contribution in [0.2, 0.25) is 5.02 Å². The number of amides is 3. The Labute approximate surface area is 170 Å². The zero-order chi connectivity index (χ0) is 21.0. The monoisotopic (exact) mass is 414 g/mol. The van der Waals surface area contributed by atoms with Crippen LogP contribution in [0.3, 0.4) is 0 Å². The maximum Gasteiger partial charge on any atom is 0.338 e. The summed E-state index contributed by atoms with van der Waals surface area (Å²) >= 11 is 5.91. The molecule has 2 aromatic rings. The Balaban J connectivity index is 1.63. The molecule has 0 unspecified atom stereocenters. The molecule has 0 aromatic heterocycles. The van der Waals surface area contributed by atoms with Gasteiger partial charge >= 0.3 is 5.97 Å². The molecule has 3 amide bonds. The second-order valence-corrected chi connectivity index (χ2v) is 6.30. The van der Waals surface area contributed by atoms with Crippen molar-refractivity contribution in [2.45, 2.75) is 0 Å². The van der Waals surface area contributed by atoms with E-state index in [1.807, 2.05) is 0 Å². The molecule has 0 saturated heterocycles. The van der Waals surface area contributed by atoms with Crippen LogP contribution in [-0.4, -0.2) is 37.4 Å². The largest absolute Gasteiger partial charge is 0.495 e. The van der Waals surface area contributed by atoms with Crippen LogP contribution in [0.1, 0.15) is 10.4 Å². The Morgan fingerprint density at radius 3 is 2.48 bits per heavy atom. The fraction of sp³-hybridized carbons (Fsp3) is 0.100. The van der Waals surface area contributed by atoms with Gasteiger partial charge in [0.2, 0.25) is 0 Å². The van der Waals surface area contributed by atoms with Crippen LogP contribution >= 0.6 is 11.6 Å². The van der Waals surface area contributed by atoms with Gasteiger partial charge in [0.25, 0.3) is 17.7 Å². The van der Waals surface area contributed by atoms with Gasteiger partial charge in [0.05, 0.1) is 24.0 Å². The first kappa shape index (κ1) is 20.1. The third-order valence-corrected chi connectivity index (χ3v) is 4.15. The summed E-state index contributed by atoms with van der Waals surface area (Å²) in [6.07, 6.45) is 2.28. The summed E-state index contributed by atoms with van der Waals surface area (Å²) in [5, 5.41) is 2.94. The quantitative estimate of drug-likeness (QED) is 0.575. The van der Waals surface area contributed by atoms with Crippen molar-refractivity contribution in [1.29, 1.82) is 0 Å². The van der Waals surface area contributed by atoms with Crippen molar-refractivity contribution in [3.63, 3.8) is 0 Å². The third kappa shape index (κ3) is 4.61. The topological polar surface area (TPSA) is 102 Å². The summed E-state index contributed by atoms with van der Waals surface area (Å²) < 4.78 is 10.1. The van der Waals surface area contributed by atoms with E-state index in [0.29, 0.717) is 16.5 Å². The van der Waals surface area contributed by atoms with Gasteiger partial charge in [-0.2, -0.15) is 0 Å². The first-order valence-electron chi connectivity index (χ1n) is 8.36. The Hall–Kier alpha value is -3.65. The Bertz CT molecular complexity index is 1020. The lowest BCUT2D eigenvalue weighted by molar-refractivity contribution is -0.120. The van der Waals surface area contributed by atoms with E-state index in [1.165, 1.54) is 37.4 Å². The van der Waals surface area contributed by atoms with Crippen molar-refractivity contribution < 1.29 is 28.7 Å². The molecule has 0 fully saturated rings. The molecule has 1 N–H and O–H groups in total. The van der Waals surface area contributed by atoms with E-state index < -0.39 is 30.3 Å². The number of halogens is 1. The van der Waals surface area contributed by atoms with Crippen molar-refractivity contribution in [2.75, 3.05) is 23.9 Å². The summed E-state index contributed by atoms with van der Waals surface area (Å²) in [7, 11) is 1.44. The number of nitrogens with one attached hydrogen (secondary N) is 1. The van der Waals surface area contributed by atoms with Gasteiger partial charge in [-0.3, -0.25) is 14.4 Å². The number of rotatable bonds is 6. The van der Waals surface area contributed by atoms with E-state index in [9.17, 15) is 19.2 Å². The summed E-state index contributed by atoms with van der Waals surface area (Å²) in [6.45, 7) is -0.554. The van der Waals surface area contributed by atoms with Crippen LogP contribution in [0.5, 0.6) is 5.75 Å². The summed E-state index contributed by atoms with van der Waals surface area (Å²) in [5.74, 6) is -1.99. The average molecular weight is 415 g/mol. The number of anilines is 2. The standard InChI is InChI=1S/C20H15ClN2O6/c1-28-16-6-5-13(21)10-15(16)22-17(24)11-29-20(27)12-3-2-4-14(9-12)23-18(25)7-8-19(23)26/h2-10H,11H2,1H3,(H,22,24). The molecule has 0 radical (unpaired) electrons. The second kappa shape index (κ2) is 8.57. The molecular weight excluding hydrogens is 400 g/mol. The normalized spacial score (nSPS) is 12.8. The molecule has 9 heteroatoms. The van der Waals surface area contributed by atoms with Crippen LogP contribution in [0.25, 0.3) is 0 Å². The van der Waals surface area contributed by atoms with E-state index >= 15 is 0 Å². The lowest BCUT2D eigenvalue weighted by atomic mass is 10.2. The highest BCUT2D eigenvalue weighted by atomic mass is 35.5. The summed E-state index contributed by atoms with van der Waals surface area (Å²) in [6, 6.07) is 10.5. The molecule has 0 atom stereocenters. The number of imide groups is 1. The van der Waals surface area contributed by atoms with E-state index in [1.54, 1.807) is 12.1 Å². The number of hydrogen-bond donors (Lipinski definition) is 1. The number of carbonyl (C=O) groups excluding carboxylic acids is 4. The smallest absolute Gasteiger partial charge is 0.338 e. The Morgan fingerprint density at radius 2 is 1.79 bits per heavy atom. The molecule has 0 saturated carbocycles. The Morgan fingerprint density at radius 1 is 1.07 bits per heavy atom. The van der Waals surface area contributed by atoms with Gasteiger partial charge in [-0.15, -0.1) is 0 Å². The van der Waals surface area contributed by atoms with Crippen LogP contribution < -0.4 is 15.0 Å². The van der Waals surface area contributed by atoms with E-state index in [2.05, 4.69) is 5.32 Å². The molecule has 0 bridgehead atoms. The third-order valence-electron chi connectivity index (χ3n) is 3.92. The number of ether oxygens (including phenoxy) is 2. The number of carbonyl (C=O) groups is 4. The van der Waals surface area contributed by atoms with Gasteiger partial charge < -0.3 is 14.8 Å². The number of nitrogens with zero attached hydrogens (tertiary/aromatic N) is 1. The van der Waals surface area contributed by atoms with Crippen LogP contribution in [0.4, 0.5) is 11.4 Å². The predicted octanol–water partition coefficient (Wildman–Crippen LogP) is 2.57. The Kier molecular flexibility index (Phi) is 5.94. The minimum absolute atomic E-state index is 0.0862. The molecule has 1 heterocycles. The first-order valence-corrected chi connectivity index (χ1v) is 8.73. The van der Waals surface area contributed by atoms with Gasteiger partial charge in [-0.1, -0.05) is 17.7 Å². The number of methoxy groups -OCH3 is 1. The highest BCUT2D eigenvalue weighted by molar-refractivity contribution is 6.31. The second-order valence-electron chi connectivity index (χ2n) is 5.86. The zero-order valence-electron chi connectivity index (χ0n) is 15.2. The molecular formula is C20H15ClN2O6. The van der Waals surface area contributed by atoms with E-state index in [-0.39, 0.29) is 11.3 Å². The van der Waals surface area contributed by atoms with E-state index in [0.717, 1.165) is 17.1 Å². The maximum absolute atomic E-state index is 12.3. The fourth-order valence-electron chi connectivity index (χ4n) is 2.61. The van der Waals surface area contributed by atoms with Gasteiger partial charge in [0.1, 0.15) is 5.75 Å². The highest BCUT2D eigenvalue weighted by Gasteiger charge is 2.25. The van der Waals surface area contributed by atoms with Crippen molar-refractivity contribution in [2.24, 2.45) is 0 Å². The molecule has 148 valence electrons. The maximum atomic E-state index is 12.3. The molecule has 0 spiro atoms. The molecule has 1 aliphatic heterocycles. The van der Waals surface area contributed by atoms with Crippen molar-refractivity contribution in [3.8, 4) is 5.75 Å². The molecule has 8 nitrogen and oxygen atoms in total. The van der Waals surface area contributed by atoms with E-state index in [4.69, 9.17) is 21.1 Å². The van der Waals surface area contributed by atoms with Gasteiger partial charge in [-0.25, -0.2) is 9.69 Å². The molecule has 2 aromatic carbocycles. The minimum atomic E-state index is -0.785. The van der Waals surface area contributed by atoms with Crippen LogP contribution in [0.15, 0.2) is 54.6 Å². The van der Waals surface area contributed by atoms with Crippen molar-refractivity contribution >= 4 is 46.7 Å².